The maximum absolute atomic E-state index is 13.0. The van der Waals surface area contributed by atoms with Crippen LogP contribution in [0.15, 0.2) is 150 Å². The molecule has 4 amide bonds. The molecule has 66 heavy (non-hydrogen) atoms. The van der Waals surface area contributed by atoms with Crippen LogP contribution in [0.3, 0.4) is 0 Å². The van der Waals surface area contributed by atoms with E-state index in [-0.39, 0.29) is 36.8 Å². The van der Waals surface area contributed by atoms with E-state index in [0.717, 1.165) is 36.0 Å². The third-order valence-corrected chi connectivity index (χ3v) is 13.6. The molecular formula is C48H40BBrN6O8S2. The van der Waals surface area contributed by atoms with Crippen LogP contribution in [0.5, 0.6) is 11.5 Å². The van der Waals surface area contributed by atoms with Gasteiger partial charge in [0.2, 0.25) is 0 Å². The van der Waals surface area contributed by atoms with E-state index in [4.69, 9.17) is 19.5 Å². The van der Waals surface area contributed by atoms with Crippen molar-refractivity contribution in [2.45, 2.75) is 12.1 Å². The minimum absolute atomic E-state index is 0.0616. The molecule has 4 N–H and O–H groups in total. The van der Waals surface area contributed by atoms with Gasteiger partial charge in [-0.05, 0) is 69.4 Å². The number of carbonyl (C=O) groups is 4. The number of para-hydroxylation sites is 4. The smallest absolute Gasteiger partial charge is 0.488 e. The van der Waals surface area contributed by atoms with Crippen LogP contribution < -0.4 is 35.4 Å². The minimum Gasteiger partial charge on any atom is -0.489 e. The lowest BCUT2D eigenvalue weighted by Gasteiger charge is -2.19. The highest BCUT2D eigenvalue weighted by atomic mass is 79.9. The third kappa shape index (κ3) is 10.1. The van der Waals surface area contributed by atoms with Gasteiger partial charge in [-0.15, -0.1) is 22.7 Å². The quantitative estimate of drug-likeness (QED) is 0.131. The fraction of sp³-hybridized carbons (Fsp3) is 0.125. The van der Waals surface area contributed by atoms with Gasteiger partial charge in [0.1, 0.15) is 36.8 Å². The van der Waals surface area contributed by atoms with E-state index in [2.05, 4.69) is 36.5 Å². The molecular weight excluding hydrogens is 943 g/mol. The van der Waals surface area contributed by atoms with Gasteiger partial charge >= 0.3 is 7.12 Å². The van der Waals surface area contributed by atoms with Crippen molar-refractivity contribution in [3.05, 3.63) is 160 Å². The van der Waals surface area contributed by atoms with E-state index in [1.165, 1.54) is 32.5 Å². The molecule has 0 fully saturated rings. The van der Waals surface area contributed by atoms with Crippen molar-refractivity contribution in [1.29, 1.82) is 0 Å². The maximum Gasteiger partial charge on any atom is 0.488 e. The van der Waals surface area contributed by atoms with Gasteiger partial charge in [-0.3, -0.25) is 19.2 Å². The highest BCUT2D eigenvalue weighted by Crippen LogP contribution is 2.35. The maximum atomic E-state index is 13.0. The van der Waals surface area contributed by atoms with Crippen LogP contribution in [0.4, 0.5) is 11.4 Å². The first-order valence-electron chi connectivity index (χ1n) is 20.5. The van der Waals surface area contributed by atoms with Gasteiger partial charge in [0.15, 0.2) is 10.0 Å². The molecule has 6 aromatic carbocycles. The molecule has 18 heteroatoms. The monoisotopic (exact) mass is 982 g/mol. The van der Waals surface area contributed by atoms with Crippen molar-refractivity contribution in [1.82, 2.24) is 20.6 Å². The van der Waals surface area contributed by atoms with Gasteiger partial charge in [0.05, 0.1) is 31.8 Å². The minimum atomic E-state index is -1.34. The zero-order valence-corrected chi connectivity index (χ0v) is 38.5. The molecule has 4 heterocycles. The van der Waals surface area contributed by atoms with Gasteiger partial charge < -0.3 is 40.0 Å². The lowest BCUT2D eigenvalue weighted by molar-refractivity contribution is -0.121. The van der Waals surface area contributed by atoms with Gasteiger partial charge in [-0.25, -0.2) is 9.97 Å². The zero-order valence-electron chi connectivity index (χ0n) is 35.3. The van der Waals surface area contributed by atoms with Crippen LogP contribution in [0.2, 0.25) is 0 Å². The summed E-state index contributed by atoms with van der Waals surface area (Å²) in [6.07, 6.45) is 0. The summed E-state index contributed by atoms with van der Waals surface area (Å²) < 4.78 is 14.2. The van der Waals surface area contributed by atoms with Gasteiger partial charge in [-0.2, -0.15) is 0 Å². The number of nitrogens with zero attached hydrogens (tertiary/aromatic N) is 4. The molecule has 14 nitrogen and oxygen atoms in total. The predicted molar refractivity (Wildman–Crippen MR) is 262 cm³/mol. The molecule has 0 saturated carbocycles. The molecule has 2 aromatic heterocycles. The molecule has 0 aliphatic carbocycles. The number of nitrogens with one attached hydrogen (secondary N) is 2. The Hall–Kier alpha value is -6.96. The number of carbonyl (C=O) groups excluding carboxylic acids is 4. The highest BCUT2D eigenvalue weighted by Gasteiger charge is 2.33. The van der Waals surface area contributed by atoms with E-state index >= 15 is 0 Å². The first kappa shape index (κ1) is 45.6. The average molecular weight is 984 g/mol. The Balaban J connectivity index is 0.000000153. The second-order valence-electron chi connectivity index (χ2n) is 14.8. The number of rotatable bonds is 6. The number of aromatic nitrogens is 2. The Kier molecular flexibility index (Phi) is 14.1. The molecule has 10 rings (SSSR count). The van der Waals surface area contributed by atoms with Crippen molar-refractivity contribution < 1.29 is 38.7 Å². The standard InChI is InChI=1S/C24H19N3O3S.C18H14BrN3O3S.C6H7BO2/c1-27-19-12-5-6-13-20(19)30-14-18(24(27)29)25-22(28)23-26-17-11-7-10-16(21(17)31-23)15-8-3-2-4-9-15;1-22-13-7-2-3-8-14(13)25-9-12(18(22)24)20-16(23)17-21-11-6-4-5-10(19)15(11)26-17;8-7(9)6-4-2-1-3-5-6/h2-13,18H,14H2,1H3,(H,25,28);2-8,12H,9H2,1H3,(H,20,23);1-5,8-9H/t18-;12-;/m00./s1. The summed E-state index contributed by atoms with van der Waals surface area (Å²) in [5, 5.41) is 23.3. The number of halogens is 1. The van der Waals surface area contributed by atoms with Crippen LogP contribution in [-0.2, 0) is 9.59 Å². The van der Waals surface area contributed by atoms with E-state index < -0.39 is 19.2 Å². The van der Waals surface area contributed by atoms with Crippen LogP contribution in [0.1, 0.15) is 19.6 Å². The zero-order chi connectivity index (χ0) is 46.3. The number of hydrogen-bond donors (Lipinski definition) is 4. The fourth-order valence-corrected chi connectivity index (χ4v) is 9.56. The van der Waals surface area contributed by atoms with Crippen molar-refractivity contribution in [3.8, 4) is 22.6 Å². The van der Waals surface area contributed by atoms with Crippen molar-refractivity contribution >= 4 is 107 Å². The number of anilines is 2. The molecule has 0 bridgehead atoms. The Bertz CT molecular complexity index is 3050. The molecule has 0 saturated heterocycles. The van der Waals surface area contributed by atoms with Crippen molar-refractivity contribution in [3.63, 3.8) is 0 Å². The molecule has 2 atom stereocenters. The van der Waals surface area contributed by atoms with Crippen LogP contribution in [0, 0.1) is 0 Å². The summed E-state index contributed by atoms with van der Waals surface area (Å²) in [7, 11) is 2.01. The normalized spacial score (nSPS) is 15.3. The first-order chi connectivity index (χ1) is 32.0. The Morgan fingerprint density at radius 1 is 0.621 bits per heavy atom. The van der Waals surface area contributed by atoms with Gasteiger partial charge in [-0.1, -0.05) is 103 Å². The van der Waals surface area contributed by atoms with E-state index in [1.54, 1.807) is 44.4 Å². The predicted octanol–water partition coefficient (Wildman–Crippen LogP) is 6.70. The lowest BCUT2D eigenvalue weighted by Crippen LogP contribution is -2.49. The number of likely N-dealkylation sites (N-methyl/N-ethyl adjacent to an activating group) is 2. The Morgan fingerprint density at radius 2 is 1.08 bits per heavy atom. The molecule has 332 valence electrons. The SMILES string of the molecule is CN1C(=O)[C@@H](NC(=O)c2nc3cccc(-c4ccccc4)c3s2)COc2ccccc21.CN1C(=O)[C@@H](NC(=O)c2nc3cccc(Br)c3s2)COc2ccccc21.OB(O)c1ccccc1. The largest absolute Gasteiger partial charge is 0.489 e. The summed E-state index contributed by atoms with van der Waals surface area (Å²) in [4.78, 5) is 63.1. The van der Waals surface area contributed by atoms with Crippen LogP contribution in [0.25, 0.3) is 31.6 Å². The van der Waals surface area contributed by atoms with E-state index in [0.29, 0.717) is 38.4 Å². The number of benzene rings is 6. The van der Waals surface area contributed by atoms with E-state index in [1.807, 2.05) is 115 Å². The summed E-state index contributed by atoms with van der Waals surface area (Å²) >= 11 is 6.06. The summed E-state index contributed by atoms with van der Waals surface area (Å²) in [5.74, 6) is -0.0116. The number of amides is 4. The number of hydrogen-bond acceptors (Lipinski definition) is 12. The van der Waals surface area contributed by atoms with Crippen molar-refractivity contribution in [2.75, 3.05) is 37.1 Å². The fourth-order valence-electron chi connectivity index (χ4n) is 7.08. The first-order valence-corrected chi connectivity index (χ1v) is 22.9. The highest BCUT2D eigenvalue weighted by molar-refractivity contribution is 9.10. The summed E-state index contributed by atoms with van der Waals surface area (Å²) in [5.41, 5.74) is 5.47. The molecule has 2 aliphatic heterocycles. The second-order valence-corrected chi connectivity index (χ2v) is 17.7. The van der Waals surface area contributed by atoms with Crippen LogP contribution >= 0.6 is 38.6 Å². The second kappa shape index (κ2) is 20.5. The molecule has 0 spiro atoms. The molecule has 0 unspecified atom stereocenters. The Morgan fingerprint density at radius 3 is 1.58 bits per heavy atom. The van der Waals surface area contributed by atoms with Gasteiger partial charge in [0, 0.05) is 24.1 Å². The lowest BCUT2D eigenvalue weighted by atomic mass is 9.81. The van der Waals surface area contributed by atoms with E-state index in [9.17, 15) is 19.2 Å². The molecule has 2 aliphatic rings. The third-order valence-electron chi connectivity index (χ3n) is 10.5. The molecule has 8 aromatic rings. The summed E-state index contributed by atoms with van der Waals surface area (Å²) in [6, 6.07) is 43.1. The van der Waals surface area contributed by atoms with Crippen molar-refractivity contribution in [2.24, 2.45) is 0 Å². The average Bonchev–Trinajstić information content (AvgIpc) is 3.96. The molecule has 0 radical (unpaired) electrons. The van der Waals surface area contributed by atoms with Crippen LogP contribution in [-0.4, -0.2) is 90.2 Å². The number of ether oxygens (including phenoxy) is 2. The number of thiazole rings is 2. The Labute approximate surface area is 395 Å². The van der Waals surface area contributed by atoms with Gasteiger partial charge in [0.25, 0.3) is 23.6 Å². The summed E-state index contributed by atoms with van der Waals surface area (Å²) in [6.45, 7) is 0.132. The number of fused-ring (bicyclic) bond motifs is 4. The topological polar surface area (TPSA) is 184 Å².